The van der Waals surface area contributed by atoms with Crippen molar-refractivity contribution in [3.05, 3.63) is 29.8 Å². The van der Waals surface area contributed by atoms with Gasteiger partial charge < -0.3 is 4.90 Å². The highest BCUT2D eigenvalue weighted by Crippen LogP contribution is 2.31. The zero-order valence-electron chi connectivity index (χ0n) is 10.4. The molecule has 0 aliphatic carbocycles. The molecule has 0 spiro atoms. The van der Waals surface area contributed by atoms with Crippen molar-refractivity contribution >= 4 is 44.2 Å². The first-order valence-electron chi connectivity index (χ1n) is 5.36. The molecule has 1 aliphatic rings. The van der Waals surface area contributed by atoms with Crippen LogP contribution in [0.5, 0.6) is 0 Å². The van der Waals surface area contributed by atoms with Crippen molar-refractivity contribution in [2.24, 2.45) is 0 Å². The number of benzene rings is 1. The van der Waals surface area contributed by atoms with E-state index in [1.807, 2.05) is 0 Å². The fourth-order valence-electron chi connectivity index (χ4n) is 1.60. The summed E-state index contributed by atoms with van der Waals surface area (Å²) in [7, 11) is -0.196. The second-order valence-corrected chi connectivity index (χ2v) is 7.50. The van der Waals surface area contributed by atoms with Gasteiger partial charge >= 0.3 is 0 Å². The molecule has 1 aromatic carbocycles. The predicted molar refractivity (Wildman–Crippen MR) is 78.5 cm³/mol. The summed E-state index contributed by atoms with van der Waals surface area (Å²) >= 11 is 6.21. The highest BCUT2D eigenvalue weighted by molar-refractivity contribution is 8.23. The Morgan fingerprint density at radius 3 is 2.58 bits per heavy atom. The molecule has 1 aliphatic heterocycles. The van der Waals surface area contributed by atoms with Crippen LogP contribution in [-0.4, -0.2) is 47.8 Å². The van der Waals surface area contributed by atoms with Crippen LogP contribution in [0.2, 0.25) is 0 Å². The Kier molecular flexibility index (Phi) is 3.84. The van der Waals surface area contributed by atoms with Crippen molar-refractivity contribution < 1.29 is 13.2 Å². The number of fused-ring (bicyclic) bond motifs is 1. The van der Waals surface area contributed by atoms with Crippen LogP contribution >= 0.6 is 24.0 Å². The molecular formula is C11H12N2O3S3. The molecule has 0 aromatic heterocycles. The van der Waals surface area contributed by atoms with Gasteiger partial charge in [-0.15, -0.1) is 0 Å². The Morgan fingerprint density at radius 1 is 1.37 bits per heavy atom. The van der Waals surface area contributed by atoms with Crippen LogP contribution in [0, 0.1) is 0 Å². The minimum atomic E-state index is -3.73. The number of hydrogen-bond acceptors (Lipinski definition) is 5. The van der Waals surface area contributed by atoms with Crippen LogP contribution in [0.3, 0.4) is 0 Å². The van der Waals surface area contributed by atoms with E-state index >= 15 is 0 Å². The van der Waals surface area contributed by atoms with Gasteiger partial charge in [0.2, 0.25) is 0 Å². The van der Waals surface area contributed by atoms with E-state index < -0.39 is 15.9 Å². The summed E-state index contributed by atoms with van der Waals surface area (Å²) in [5.41, 5.74) is 0.221. The van der Waals surface area contributed by atoms with Crippen LogP contribution in [-0.2, 0) is 10.0 Å². The Bertz CT molecular complexity index is 640. The van der Waals surface area contributed by atoms with Gasteiger partial charge in [-0.25, -0.2) is 12.7 Å². The Hall–Kier alpha value is -1.12. The summed E-state index contributed by atoms with van der Waals surface area (Å²) < 4.78 is 25.8. The lowest BCUT2D eigenvalue weighted by atomic mass is 10.2. The molecule has 1 aromatic rings. The van der Waals surface area contributed by atoms with Crippen molar-refractivity contribution in [2.45, 2.75) is 4.90 Å². The van der Waals surface area contributed by atoms with Gasteiger partial charge in [-0.3, -0.25) is 4.79 Å². The lowest BCUT2D eigenvalue weighted by Gasteiger charge is -2.17. The van der Waals surface area contributed by atoms with Crippen LogP contribution in [0.1, 0.15) is 10.4 Å². The molecule has 0 saturated heterocycles. The van der Waals surface area contributed by atoms with Gasteiger partial charge in [0.15, 0.2) is 0 Å². The summed E-state index contributed by atoms with van der Waals surface area (Å²) in [5.74, 6) is -0.503. The van der Waals surface area contributed by atoms with E-state index in [4.69, 9.17) is 12.2 Å². The molecule has 0 radical (unpaired) electrons. The van der Waals surface area contributed by atoms with Crippen LogP contribution in [0.4, 0.5) is 0 Å². The normalized spacial score (nSPS) is 16.3. The maximum absolute atomic E-state index is 12.2. The number of amides is 1. The van der Waals surface area contributed by atoms with Crippen LogP contribution in [0.15, 0.2) is 29.2 Å². The summed E-state index contributed by atoms with van der Waals surface area (Å²) in [5, 5.41) is 0. The topological polar surface area (TPSA) is 57.7 Å². The van der Waals surface area contributed by atoms with Gasteiger partial charge in [0, 0.05) is 14.1 Å². The zero-order valence-corrected chi connectivity index (χ0v) is 12.8. The van der Waals surface area contributed by atoms with Crippen LogP contribution in [0.25, 0.3) is 0 Å². The lowest BCUT2D eigenvalue weighted by Crippen LogP contribution is -2.31. The molecule has 1 heterocycles. The number of carbonyl (C=O) groups excluding carboxylic acids is 1. The van der Waals surface area contributed by atoms with Gasteiger partial charge in [-0.05, 0) is 12.1 Å². The number of sulfonamides is 1. The average Bonchev–Trinajstić information content (AvgIpc) is 2.56. The summed E-state index contributed by atoms with van der Waals surface area (Å²) in [6.07, 6.45) is 0. The molecule has 0 atom stereocenters. The van der Waals surface area contributed by atoms with E-state index in [1.54, 1.807) is 31.1 Å². The molecular weight excluding hydrogens is 304 g/mol. The van der Waals surface area contributed by atoms with Gasteiger partial charge in [0.05, 0.1) is 11.4 Å². The molecule has 0 unspecified atom stereocenters. The van der Waals surface area contributed by atoms with E-state index in [0.29, 0.717) is 4.32 Å². The van der Waals surface area contributed by atoms with Gasteiger partial charge in [0.25, 0.3) is 15.9 Å². The van der Waals surface area contributed by atoms with E-state index in [1.165, 1.54) is 12.1 Å². The second kappa shape index (κ2) is 5.10. The van der Waals surface area contributed by atoms with E-state index in [9.17, 15) is 13.2 Å². The molecule has 0 bridgehead atoms. The summed E-state index contributed by atoms with van der Waals surface area (Å²) in [6.45, 7) is 0. The molecule has 102 valence electrons. The molecule has 2 rings (SSSR count). The van der Waals surface area contributed by atoms with Gasteiger partial charge in [-0.2, -0.15) is 0 Å². The summed E-state index contributed by atoms with van der Waals surface area (Å²) in [4.78, 5) is 13.8. The quantitative estimate of drug-likeness (QED) is 0.768. The maximum Gasteiger partial charge on any atom is 0.269 e. The number of carbonyl (C=O) groups is 1. The first-order chi connectivity index (χ1) is 8.85. The Labute approximate surface area is 121 Å². The Morgan fingerprint density at radius 2 is 2.00 bits per heavy atom. The molecule has 0 fully saturated rings. The number of nitrogens with zero attached hydrogens (tertiary/aromatic N) is 2. The third-order valence-electron chi connectivity index (χ3n) is 2.58. The standard InChI is InChI=1S/C11H12N2O3S3/c1-12(2)11(17)18-7-13-10(14)8-5-3-4-6-9(8)19(13,15)16/h3-6H,7H2,1-2H3. The number of rotatable bonds is 2. The molecule has 5 nitrogen and oxygen atoms in total. The molecule has 1 amide bonds. The fourth-order valence-corrected chi connectivity index (χ4v) is 4.31. The highest BCUT2D eigenvalue weighted by atomic mass is 32.2. The number of thioether (sulfide) groups is 1. The summed E-state index contributed by atoms with van der Waals surface area (Å²) in [6, 6.07) is 6.21. The number of thiocarbonyl (C=S) groups is 1. The average molecular weight is 316 g/mol. The van der Waals surface area contributed by atoms with E-state index in [2.05, 4.69) is 0 Å². The SMILES string of the molecule is CN(C)C(=S)SCN1C(=O)c2ccccc2S1(=O)=O. The highest BCUT2D eigenvalue weighted by Gasteiger charge is 2.40. The third kappa shape index (κ3) is 2.47. The van der Waals surface area contributed by atoms with Crippen molar-refractivity contribution in [3.63, 3.8) is 0 Å². The second-order valence-electron chi connectivity index (χ2n) is 4.09. The minimum absolute atomic E-state index is 0.00708. The van der Waals surface area contributed by atoms with Crippen molar-refractivity contribution in [2.75, 3.05) is 20.0 Å². The minimum Gasteiger partial charge on any atom is -0.364 e. The Balaban J connectivity index is 2.26. The molecule has 0 N–H and O–H groups in total. The van der Waals surface area contributed by atoms with Crippen LogP contribution < -0.4 is 0 Å². The largest absolute Gasteiger partial charge is 0.364 e. The third-order valence-corrected chi connectivity index (χ3v) is 6.25. The molecule has 8 heteroatoms. The predicted octanol–water partition coefficient (Wildman–Crippen LogP) is 1.37. The molecule has 19 heavy (non-hydrogen) atoms. The maximum atomic E-state index is 12.2. The van der Waals surface area contributed by atoms with Crippen molar-refractivity contribution in [1.29, 1.82) is 0 Å². The first kappa shape index (κ1) is 14.3. The monoisotopic (exact) mass is 316 g/mol. The fraction of sp³-hybridized carbons (Fsp3) is 0.273. The number of hydrogen-bond donors (Lipinski definition) is 0. The lowest BCUT2D eigenvalue weighted by molar-refractivity contribution is 0.0887. The van der Waals surface area contributed by atoms with Gasteiger partial charge in [0.1, 0.15) is 9.22 Å². The molecule has 0 saturated carbocycles. The van der Waals surface area contributed by atoms with E-state index in [0.717, 1.165) is 16.1 Å². The van der Waals surface area contributed by atoms with E-state index in [-0.39, 0.29) is 16.3 Å². The smallest absolute Gasteiger partial charge is 0.269 e. The van der Waals surface area contributed by atoms with Gasteiger partial charge in [-0.1, -0.05) is 36.1 Å². The van der Waals surface area contributed by atoms with Crippen molar-refractivity contribution in [3.8, 4) is 0 Å². The zero-order chi connectivity index (χ0) is 14.2. The van der Waals surface area contributed by atoms with Crippen molar-refractivity contribution in [1.82, 2.24) is 9.21 Å². The first-order valence-corrected chi connectivity index (χ1v) is 8.19.